The molecule has 1 heterocycles. The molecule has 0 unspecified atom stereocenters. The van der Waals surface area contributed by atoms with Gasteiger partial charge in [-0.3, -0.25) is 23.5 Å². The summed E-state index contributed by atoms with van der Waals surface area (Å²) in [6.45, 7) is 3.76. The van der Waals surface area contributed by atoms with E-state index in [1.54, 1.807) is 24.3 Å². The lowest BCUT2D eigenvalue weighted by molar-refractivity contribution is -0.122. The minimum atomic E-state index is -0.679. The Balaban J connectivity index is 1.92. The van der Waals surface area contributed by atoms with Crippen LogP contribution in [0.5, 0.6) is 0 Å². The predicted molar refractivity (Wildman–Crippen MR) is 102 cm³/mol. The molecule has 1 fully saturated rings. The molecule has 1 aromatic heterocycles. The molecule has 1 saturated carbocycles. The van der Waals surface area contributed by atoms with Crippen LogP contribution in [0.2, 0.25) is 0 Å². The Hall–Kier alpha value is -2.63. The topological polar surface area (TPSA) is 73.1 Å². The molecule has 0 atom stereocenters. The van der Waals surface area contributed by atoms with Crippen molar-refractivity contribution in [3.63, 3.8) is 0 Å². The molecule has 0 radical (unpaired) electrons. The molecule has 6 nitrogen and oxygen atoms in total. The Kier molecular flexibility index (Phi) is 5.71. The number of amides is 1. The summed E-state index contributed by atoms with van der Waals surface area (Å²) in [5, 5.41) is 3.03. The standard InChI is InChI=1S/C20H25N3O3/c1-2-13-22-16-11-7-8-12-17(16)23(20(26)19(22)25)14-18(24)21-15-9-5-3-4-6-10-15/h2,7-8,11-12,15H,1,3-6,9-10,13-14H2,(H,21,24). The summed E-state index contributed by atoms with van der Waals surface area (Å²) in [5.41, 5.74) is -0.110. The van der Waals surface area contributed by atoms with E-state index >= 15 is 0 Å². The average molecular weight is 355 g/mol. The van der Waals surface area contributed by atoms with Gasteiger partial charge in [-0.2, -0.15) is 0 Å². The molecule has 1 aromatic carbocycles. The van der Waals surface area contributed by atoms with Gasteiger partial charge in [0.2, 0.25) is 5.91 Å². The largest absolute Gasteiger partial charge is 0.352 e. The molecule has 0 saturated heterocycles. The number of aromatic nitrogens is 2. The third-order valence-electron chi connectivity index (χ3n) is 4.97. The van der Waals surface area contributed by atoms with E-state index < -0.39 is 11.1 Å². The zero-order chi connectivity index (χ0) is 18.5. The molecule has 0 spiro atoms. The molecule has 0 bridgehead atoms. The number of carbonyl (C=O) groups is 1. The van der Waals surface area contributed by atoms with Crippen molar-refractivity contribution in [1.29, 1.82) is 0 Å². The molecule has 6 heteroatoms. The summed E-state index contributed by atoms with van der Waals surface area (Å²) in [6, 6.07) is 7.30. The van der Waals surface area contributed by atoms with Gasteiger partial charge in [-0.15, -0.1) is 6.58 Å². The fraction of sp³-hybridized carbons (Fsp3) is 0.450. The van der Waals surface area contributed by atoms with E-state index in [0.717, 1.165) is 25.7 Å². The molecule has 1 amide bonds. The Morgan fingerprint density at radius 1 is 1.04 bits per heavy atom. The van der Waals surface area contributed by atoms with Gasteiger partial charge in [-0.05, 0) is 25.0 Å². The van der Waals surface area contributed by atoms with Gasteiger partial charge in [-0.25, -0.2) is 0 Å². The molecule has 26 heavy (non-hydrogen) atoms. The van der Waals surface area contributed by atoms with E-state index in [0.29, 0.717) is 11.0 Å². The predicted octanol–water partition coefficient (Wildman–Crippen LogP) is 2.19. The fourth-order valence-electron chi connectivity index (χ4n) is 3.68. The van der Waals surface area contributed by atoms with Crippen molar-refractivity contribution in [2.24, 2.45) is 0 Å². The van der Waals surface area contributed by atoms with Crippen LogP contribution in [0.4, 0.5) is 0 Å². The van der Waals surface area contributed by atoms with Gasteiger partial charge in [0, 0.05) is 12.6 Å². The maximum atomic E-state index is 12.6. The van der Waals surface area contributed by atoms with Crippen molar-refractivity contribution >= 4 is 16.9 Å². The van der Waals surface area contributed by atoms with Crippen LogP contribution >= 0.6 is 0 Å². The number of hydrogen-bond acceptors (Lipinski definition) is 3. The van der Waals surface area contributed by atoms with E-state index in [1.807, 2.05) is 6.07 Å². The molecule has 1 aliphatic carbocycles. The number of hydrogen-bond donors (Lipinski definition) is 1. The number of rotatable bonds is 5. The SMILES string of the molecule is C=CCn1c(=O)c(=O)n(CC(=O)NC2CCCCCC2)c2ccccc21. The first-order valence-corrected chi connectivity index (χ1v) is 9.24. The zero-order valence-electron chi connectivity index (χ0n) is 14.9. The van der Waals surface area contributed by atoms with E-state index in [-0.39, 0.29) is 25.0 Å². The van der Waals surface area contributed by atoms with Gasteiger partial charge in [0.05, 0.1) is 11.0 Å². The molecular weight excluding hydrogens is 330 g/mol. The minimum Gasteiger partial charge on any atom is -0.352 e. The number of allylic oxidation sites excluding steroid dienone is 1. The smallest absolute Gasteiger partial charge is 0.317 e. The van der Waals surface area contributed by atoms with Gasteiger partial charge in [0.25, 0.3) is 0 Å². The highest BCUT2D eigenvalue weighted by Gasteiger charge is 2.18. The quantitative estimate of drug-likeness (QED) is 0.508. The summed E-state index contributed by atoms with van der Waals surface area (Å²) in [7, 11) is 0. The zero-order valence-corrected chi connectivity index (χ0v) is 14.9. The van der Waals surface area contributed by atoms with Crippen LogP contribution in [-0.2, 0) is 17.9 Å². The Morgan fingerprint density at radius 2 is 1.62 bits per heavy atom. The molecule has 0 aliphatic heterocycles. The lowest BCUT2D eigenvalue weighted by Gasteiger charge is -2.18. The lowest BCUT2D eigenvalue weighted by atomic mass is 10.1. The van der Waals surface area contributed by atoms with Crippen molar-refractivity contribution < 1.29 is 4.79 Å². The number of benzene rings is 1. The van der Waals surface area contributed by atoms with Gasteiger partial charge in [-0.1, -0.05) is 43.9 Å². The van der Waals surface area contributed by atoms with Crippen LogP contribution in [0, 0.1) is 0 Å². The summed E-state index contributed by atoms with van der Waals surface area (Å²) in [4.78, 5) is 37.6. The molecule has 1 N–H and O–H groups in total. The molecular formula is C20H25N3O3. The first-order chi connectivity index (χ1) is 12.6. The number of para-hydroxylation sites is 2. The van der Waals surface area contributed by atoms with Crippen molar-refractivity contribution in [1.82, 2.24) is 14.5 Å². The Morgan fingerprint density at radius 3 is 2.23 bits per heavy atom. The van der Waals surface area contributed by atoms with Crippen molar-refractivity contribution in [2.45, 2.75) is 57.7 Å². The van der Waals surface area contributed by atoms with Crippen LogP contribution in [0.25, 0.3) is 11.0 Å². The van der Waals surface area contributed by atoms with E-state index in [2.05, 4.69) is 11.9 Å². The van der Waals surface area contributed by atoms with E-state index in [9.17, 15) is 14.4 Å². The van der Waals surface area contributed by atoms with Gasteiger partial charge in [0.1, 0.15) is 6.54 Å². The summed E-state index contributed by atoms with van der Waals surface area (Å²) < 4.78 is 2.67. The summed E-state index contributed by atoms with van der Waals surface area (Å²) in [5.74, 6) is -0.218. The van der Waals surface area contributed by atoms with Crippen LogP contribution in [0.1, 0.15) is 38.5 Å². The third-order valence-corrected chi connectivity index (χ3v) is 4.97. The summed E-state index contributed by atoms with van der Waals surface area (Å²) >= 11 is 0. The first kappa shape index (κ1) is 18.2. The van der Waals surface area contributed by atoms with Gasteiger partial charge < -0.3 is 5.32 Å². The van der Waals surface area contributed by atoms with Crippen LogP contribution < -0.4 is 16.4 Å². The molecule has 1 aliphatic rings. The van der Waals surface area contributed by atoms with Gasteiger partial charge >= 0.3 is 11.1 Å². The highest BCUT2D eigenvalue weighted by molar-refractivity contribution is 5.80. The van der Waals surface area contributed by atoms with Crippen LogP contribution in [0.15, 0.2) is 46.5 Å². The second kappa shape index (κ2) is 8.17. The molecule has 138 valence electrons. The monoisotopic (exact) mass is 355 g/mol. The Labute approximate surface area is 152 Å². The lowest BCUT2D eigenvalue weighted by Crippen LogP contribution is -2.45. The molecule has 3 rings (SSSR count). The number of nitrogens with one attached hydrogen (secondary N) is 1. The van der Waals surface area contributed by atoms with E-state index in [4.69, 9.17) is 0 Å². The second-order valence-electron chi connectivity index (χ2n) is 6.84. The third kappa shape index (κ3) is 3.79. The summed E-state index contributed by atoms with van der Waals surface area (Å²) in [6.07, 6.45) is 8.17. The number of carbonyl (C=O) groups excluding carboxylic acids is 1. The maximum Gasteiger partial charge on any atom is 0.317 e. The van der Waals surface area contributed by atoms with Crippen LogP contribution in [-0.4, -0.2) is 21.1 Å². The second-order valence-corrected chi connectivity index (χ2v) is 6.84. The van der Waals surface area contributed by atoms with Crippen LogP contribution in [0.3, 0.4) is 0 Å². The van der Waals surface area contributed by atoms with E-state index in [1.165, 1.54) is 22.0 Å². The van der Waals surface area contributed by atoms with Crippen molar-refractivity contribution in [2.75, 3.05) is 0 Å². The van der Waals surface area contributed by atoms with Crippen molar-refractivity contribution in [3.8, 4) is 0 Å². The average Bonchev–Trinajstić information content (AvgIpc) is 2.91. The maximum absolute atomic E-state index is 12.6. The highest BCUT2D eigenvalue weighted by atomic mass is 16.2. The number of nitrogens with zero attached hydrogens (tertiary/aromatic N) is 2. The molecule has 2 aromatic rings. The minimum absolute atomic E-state index is 0.139. The fourth-order valence-corrected chi connectivity index (χ4v) is 3.68. The van der Waals surface area contributed by atoms with Gasteiger partial charge in [0.15, 0.2) is 0 Å². The Bertz CT molecular complexity index is 918. The first-order valence-electron chi connectivity index (χ1n) is 9.24. The van der Waals surface area contributed by atoms with Crippen molar-refractivity contribution in [3.05, 3.63) is 57.6 Å². The highest BCUT2D eigenvalue weighted by Crippen LogP contribution is 2.17. The number of fused-ring (bicyclic) bond motifs is 1. The normalized spacial score (nSPS) is 15.5.